The highest BCUT2D eigenvalue weighted by Gasteiger charge is 2.46. The van der Waals surface area contributed by atoms with Gasteiger partial charge in [0.1, 0.15) is 0 Å². The number of hydrogen-bond donors (Lipinski definition) is 0. The molecule has 0 aliphatic rings. The molecule has 0 aliphatic heterocycles. The van der Waals surface area contributed by atoms with E-state index in [1.165, 1.54) is 19.1 Å². The normalized spacial score (nSPS) is 12.2. The first kappa shape index (κ1) is 15.9. The summed E-state index contributed by atoms with van der Waals surface area (Å²) in [7, 11) is -4.07. The minimum atomic E-state index is -4.07. The monoisotopic (exact) mass is 325 g/mol. The second kappa shape index (κ2) is 5.44. The first-order valence-corrected chi connectivity index (χ1v) is 7.43. The largest absolute Gasteiger partial charge is 0.290 e. The number of hydrogen-bond acceptors (Lipinski definition) is 5. The number of nitro benzene ring substituents is 1. The molecule has 0 atom stereocenters. The molecule has 6 nitrogen and oxygen atoms in total. The fraction of sp³-hybridized carbons (Fsp3) is 0.300. The smallest absolute Gasteiger partial charge is 0.280 e. The van der Waals surface area contributed by atoms with Gasteiger partial charge in [0.2, 0.25) is 5.78 Å². The Morgan fingerprint density at radius 2 is 2.00 bits per heavy atom. The van der Waals surface area contributed by atoms with Crippen LogP contribution in [0.3, 0.4) is 0 Å². The lowest BCUT2D eigenvalue weighted by Gasteiger charge is -2.17. The van der Waals surface area contributed by atoms with Gasteiger partial charge >= 0.3 is 0 Å². The van der Waals surface area contributed by atoms with E-state index in [9.17, 15) is 23.3 Å². The van der Waals surface area contributed by atoms with Gasteiger partial charge in [-0.05, 0) is 0 Å². The molecule has 0 N–H and O–H groups in total. The van der Waals surface area contributed by atoms with Gasteiger partial charge < -0.3 is 0 Å². The molecule has 19 heavy (non-hydrogen) atoms. The molecular formula is C10H9Cl2NO5S. The molecule has 0 fully saturated rings. The van der Waals surface area contributed by atoms with E-state index in [-0.39, 0.29) is 11.3 Å². The molecule has 0 heterocycles. The van der Waals surface area contributed by atoms with E-state index in [0.29, 0.717) is 0 Å². The quantitative estimate of drug-likeness (QED) is 0.358. The lowest BCUT2D eigenvalue weighted by atomic mass is 10.1. The number of ketones is 1. The first-order valence-electron chi connectivity index (χ1n) is 5.03. The Morgan fingerprint density at radius 1 is 1.42 bits per heavy atom. The number of nitrogens with zero attached hydrogens (tertiary/aromatic N) is 1. The molecule has 1 aromatic rings. The Hall–Kier alpha value is -1.18. The Balaban J connectivity index is 3.28. The average molecular weight is 326 g/mol. The van der Waals surface area contributed by atoms with Crippen LogP contribution in [0.5, 0.6) is 0 Å². The summed E-state index contributed by atoms with van der Waals surface area (Å²) < 4.78 is 20.6. The number of carbonyl (C=O) groups excluding carboxylic acids is 1. The predicted molar refractivity (Wildman–Crippen MR) is 71.3 cm³/mol. The SMILES string of the molecule is CCS(=O)(=O)C(Cl)(Cl)C(=O)c1cccc([N+](=O)[O-])c1. The number of sulfone groups is 1. The van der Waals surface area contributed by atoms with Crippen molar-refractivity contribution in [2.45, 2.75) is 10.6 Å². The van der Waals surface area contributed by atoms with Gasteiger partial charge in [0.15, 0.2) is 9.84 Å². The molecule has 0 spiro atoms. The number of nitro groups is 1. The molecule has 9 heteroatoms. The Bertz CT molecular complexity index is 627. The van der Waals surface area contributed by atoms with Crippen molar-refractivity contribution < 1.29 is 18.1 Å². The molecule has 0 aromatic heterocycles. The summed E-state index contributed by atoms with van der Waals surface area (Å²) in [6.45, 7) is 1.29. The van der Waals surface area contributed by atoms with E-state index >= 15 is 0 Å². The van der Waals surface area contributed by atoms with Crippen LogP contribution >= 0.6 is 23.2 Å². The highest BCUT2D eigenvalue weighted by atomic mass is 35.5. The van der Waals surface area contributed by atoms with Crippen LogP contribution in [0, 0.1) is 10.1 Å². The zero-order chi connectivity index (χ0) is 14.8. The highest BCUT2D eigenvalue weighted by Crippen LogP contribution is 2.33. The summed E-state index contributed by atoms with van der Waals surface area (Å²) >= 11 is 11.2. The van der Waals surface area contributed by atoms with Gasteiger partial charge in [0.25, 0.3) is 9.35 Å². The van der Waals surface area contributed by atoms with E-state index in [0.717, 1.165) is 12.1 Å². The fourth-order valence-corrected chi connectivity index (χ4v) is 2.89. The van der Waals surface area contributed by atoms with Crippen LogP contribution in [0.2, 0.25) is 0 Å². The van der Waals surface area contributed by atoms with Crippen LogP contribution in [0.1, 0.15) is 17.3 Å². The maximum Gasteiger partial charge on any atom is 0.280 e. The van der Waals surface area contributed by atoms with Crippen molar-refractivity contribution in [3.8, 4) is 0 Å². The van der Waals surface area contributed by atoms with Crippen LogP contribution in [0.4, 0.5) is 5.69 Å². The van der Waals surface area contributed by atoms with Gasteiger partial charge in [-0.3, -0.25) is 14.9 Å². The van der Waals surface area contributed by atoms with Crippen molar-refractivity contribution in [3.63, 3.8) is 0 Å². The van der Waals surface area contributed by atoms with Gasteiger partial charge in [-0.15, -0.1) is 0 Å². The molecule has 0 unspecified atom stereocenters. The molecule has 0 amide bonds. The topological polar surface area (TPSA) is 94.3 Å². The Kier molecular flexibility index (Phi) is 4.54. The van der Waals surface area contributed by atoms with Gasteiger partial charge in [-0.1, -0.05) is 42.3 Å². The molecule has 104 valence electrons. The number of benzene rings is 1. The fourth-order valence-electron chi connectivity index (χ4n) is 1.25. The number of rotatable bonds is 5. The van der Waals surface area contributed by atoms with Crippen LogP contribution < -0.4 is 0 Å². The average Bonchev–Trinajstić information content (AvgIpc) is 2.37. The van der Waals surface area contributed by atoms with E-state index in [1.54, 1.807) is 0 Å². The third-order valence-electron chi connectivity index (χ3n) is 2.35. The van der Waals surface area contributed by atoms with Crippen LogP contribution in [-0.4, -0.2) is 28.5 Å². The Morgan fingerprint density at radius 3 is 2.47 bits per heavy atom. The van der Waals surface area contributed by atoms with E-state index < -0.39 is 30.0 Å². The molecule has 0 saturated heterocycles. The van der Waals surface area contributed by atoms with Crippen molar-refractivity contribution >= 4 is 44.5 Å². The maximum atomic E-state index is 12.0. The lowest BCUT2D eigenvalue weighted by Crippen LogP contribution is -2.36. The number of alkyl halides is 2. The van der Waals surface area contributed by atoms with Crippen LogP contribution in [0.25, 0.3) is 0 Å². The minimum absolute atomic E-state index is 0.240. The van der Waals surface area contributed by atoms with Gasteiger partial charge in [0, 0.05) is 17.7 Å². The second-order valence-corrected chi connectivity index (χ2v) is 7.75. The van der Waals surface area contributed by atoms with Crippen molar-refractivity contribution in [1.82, 2.24) is 0 Å². The summed E-state index contributed by atoms with van der Waals surface area (Å²) in [5.74, 6) is -1.54. The molecule has 0 saturated carbocycles. The highest BCUT2D eigenvalue weighted by molar-refractivity contribution is 7.96. The third-order valence-corrected chi connectivity index (χ3v) is 5.83. The van der Waals surface area contributed by atoms with Crippen molar-refractivity contribution in [3.05, 3.63) is 39.9 Å². The van der Waals surface area contributed by atoms with Crippen LogP contribution in [0.15, 0.2) is 24.3 Å². The van der Waals surface area contributed by atoms with Crippen molar-refractivity contribution in [2.24, 2.45) is 0 Å². The minimum Gasteiger partial charge on any atom is -0.290 e. The molecule has 0 bridgehead atoms. The van der Waals surface area contributed by atoms with Gasteiger partial charge in [0.05, 0.1) is 10.7 Å². The second-order valence-electron chi connectivity index (χ2n) is 3.56. The summed E-state index contributed by atoms with van der Waals surface area (Å²) in [5, 5.41) is 10.6. The standard InChI is InChI=1S/C10H9Cl2NO5S/c1-2-19(17,18)10(11,12)9(14)7-4-3-5-8(6-7)13(15)16/h3-6H,2H2,1H3. The van der Waals surface area contributed by atoms with Gasteiger partial charge in [-0.2, -0.15) is 0 Å². The number of halogens is 2. The predicted octanol–water partition coefficient (Wildman–Crippen LogP) is 2.34. The van der Waals surface area contributed by atoms with Crippen molar-refractivity contribution in [1.29, 1.82) is 0 Å². The summed E-state index contributed by atoms with van der Waals surface area (Å²) in [6, 6.07) is 4.54. The molecular weight excluding hydrogens is 317 g/mol. The van der Waals surface area contributed by atoms with E-state index in [2.05, 4.69) is 0 Å². The lowest BCUT2D eigenvalue weighted by molar-refractivity contribution is -0.384. The van der Waals surface area contributed by atoms with E-state index in [1.807, 2.05) is 0 Å². The maximum absolute atomic E-state index is 12.0. The number of non-ortho nitro benzene ring substituents is 1. The summed E-state index contributed by atoms with van der Waals surface area (Å²) in [6.07, 6.45) is 0. The third kappa shape index (κ3) is 3.05. The molecule has 1 rings (SSSR count). The zero-order valence-electron chi connectivity index (χ0n) is 9.67. The molecule has 0 radical (unpaired) electrons. The molecule has 0 aliphatic carbocycles. The molecule has 1 aromatic carbocycles. The van der Waals surface area contributed by atoms with E-state index in [4.69, 9.17) is 23.2 Å². The van der Waals surface area contributed by atoms with Gasteiger partial charge in [-0.25, -0.2) is 8.42 Å². The first-order chi connectivity index (χ1) is 8.63. The number of Topliss-reactive ketones (excluding diaryl/α,β-unsaturated/α-hetero) is 1. The van der Waals surface area contributed by atoms with Crippen molar-refractivity contribution in [2.75, 3.05) is 5.75 Å². The zero-order valence-corrected chi connectivity index (χ0v) is 12.0. The number of carbonyl (C=O) groups is 1. The van der Waals surface area contributed by atoms with Crippen LogP contribution in [-0.2, 0) is 9.84 Å². The summed E-state index contributed by atoms with van der Waals surface area (Å²) in [5.41, 5.74) is -0.597. The Labute approximate surface area is 119 Å². The summed E-state index contributed by atoms with van der Waals surface area (Å²) in [4.78, 5) is 21.9.